The van der Waals surface area contributed by atoms with Crippen LogP contribution in [0.2, 0.25) is 0 Å². The molecule has 0 saturated heterocycles. The molecule has 0 heterocycles. The zero-order valence-corrected chi connectivity index (χ0v) is 14.8. The second-order valence-corrected chi connectivity index (χ2v) is 5.74. The van der Waals surface area contributed by atoms with Crippen LogP contribution in [0.4, 0.5) is 0 Å². The van der Waals surface area contributed by atoms with Crippen molar-refractivity contribution in [2.24, 2.45) is 0 Å². The maximum Gasteiger partial charge on any atom is 0.161 e. The summed E-state index contributed by atoms with van der Waals surface area (Å²) >= 11 is 0. The normalized spacial score (nSPS) is 10.6. The number of hydrogen-bond donors (Lipinski definition) is 1. The van der Waals surface area contributed by atoms with E-state index in [0.717, 1.165) is 31.0 Å². The third-order valence-electron chi connectivity index (χ3n) is 3.21. The average molecular weight is 371 g/mol. The van der Waals surface area contributed by atoms with Gasteiger partial charge in [0.25, 0.3) is 0 Å². The first kappa shape index (κ1) is 21.2. The molecule has 0 bridgehead atoms. The maximum absolute atomic E-state index is 8.49. The molecule has 2 aromatic carbocycles. The molecule has 0 aliphatic heterocycles. The number of ether oxygens (including phenoxy) is 2. The molecule has 0 atom stereocenters. The van der Waals surface area contributed by atoms with Crippen LogP contribution < -0.4 is 33.4 Å². The Bertz CT molecular complexity index is 612. The number of halogens is 1. The van der Waals surface area contributed by atoms with Crippen molar-refractivity contribution in [2.75, 3.05) is 20.8 Å². The van der Waals surface area contributed by atoms with Gasteiger partial charge in [0.1, 0.15) is 0 Å². The Morgan fingerprint density at radius 1 is 0.840 bits per heavy atom. The molecule has 0 aliphatic carbocycles. The lowest BCUT2D eigenvalue weighted by molar-refractivity contribution is -2.00. The second-order valence-electron chi connectivity index (χ2n) is 4.98. The van der Waals surface area contributed by atoms with E-state index in [-0.39, 0.29) is 0 Å². The van der Waals surface area contributed by atoms with Crippen molar-refractivity contribution in [1.29, 1.82) is 0 Å². The molecule has 2 rings (SSSR count). The molecule has 8 heteroatoms. The lowest BCUT2D eigenvalue weighted by atomic mass is 10.1. The molecule has 0 amide bonds. The molecule has 2 aromatic rings. The van der Waals surface area contributed by atoms with Crippen molar-refractivity contribution in [2.45, 2.75) is 13.0 Å². The summed E-state index contributed by atoms with van der Waals surface area (Å²) in [6, 6.07) is 16.5. The van der Waals surface area contributed by atoms with Crippen molar-refractivity contribution >= 4 is 0 Å². The van der Waals surface area contributed by atoms with Gasteiger partial charge in [0.2, 0.25) is 0 Å². The summed E-state index contributed by atoms with van der Waals surface area (Å²) in [5.74, 6) is 1.54. The minimum atomic E-state index is -4.94. The first-order valence-electron chi connectivity index (χ1n) is 7.40. The highest BCUT2D eigenvalue weighted by Gasteiger charge is 2.04. The Morgan fingerprint density at radius 2 is 1.44 bits per heavy atom. The maximum atomic E-state index is 8.49. The molecule has 0 spiro atoms. The molecule has 0 fully saturated rings. The van der Waals surface area contributed by atoms with Gasteiger partial charge in [-0.1, -0.05) is 36.4 Å². The van der Waals surface area contributed by atoms with Gasteiger partial charge in [0.15, 0.2) is 11.5 Å². The molecule has 0 aliphatic rings. The summed E-state index contributed by atoms with van der Waals surface area (Å²) < 4.78 is 44.5. The Labute approximate surface area is 149 Å². The lowest BCUT2D eigenvalue weighted by Gasteiger charge is -2.17. The molecule has 0 saturated carbocycles. The van der Waals surface area contributed by atoms with Gasteiger partial charge in [-0.2, -0.15) is 0 Å². The quantitative estimate of drug-likeness (QED) is 0.575. The Kier molecular flexibility index (Phi) is 9.22. The molecule has 0 aromatic heterocycles. The zero-order chi connectivity index (χ0) is 18.7. The highest BCUT2D eigenvalue weighted by Crippen LogP contribution is 2.27. The third kappa shape index (κ3) is 9.88. The van der Waals surface area contributed by atoms with Gasteiger partial charge >= 0.3 is 0 Å². The van der Waals surface area contributed by atoms with Crippen LogP contribution in [0.3, 0.4) is 0 Å². The summed E-state index contributed by atoms with van der Waals surface area (Å²) in [7, 11) is -1.64. The second kappa shape index (κ2) is 10.9. The fourth-order valence-corrected chi connectivity index (χ4v) is 2.10. The number of rotatable bonds is 7. The van der Waals surface area contributed by atoms with E-state index in [1.165, 1.54) is 11.1 Å². The summed E-state index contributed by atoms with van der Waals surface area (Å²) in [5.41, 5.74) is 2.54. The van der Waals surface area contributed by atoms with Crippen molar-refractivity contribution in [3.63, 3.8) is 0 Å². The summed E-state index contributed by atoms with van der Waals surface area (Å²) in [4.78, 5) is 0. The topological polar surface area (TPSA) is 123 Å². The van der Waals surface area contributed by atoms with Gasteiger partial charge < -0.3 is 14.8 Å². The molecule has 25 heavy (non-hydrogen) atoms. The monoisotopic (exact) mass is 370 g/mol. The van der Waals surface area contributed by atoms with E-state index in [1.54, 1.807) is 14.2 Å². The molecule has 0 radical (unpaired) electrons. The van der Waals surface area contributed by atoms with Crippen LogP contribution in [-0.4, -0.2) is 20.8 Å². The fourth-order valence-electron chi connectivity index (χ4n) is 2.10. The smallest absolute Gasteiger partial charge is 0.161 e. The standard InChI is InChI=1S/C17H21NO2.ClHO4/c1-19-16-9-8-15(12-17(16)20-2)13-18-11-10-14-6-4-3-5-7-14;2-1(3,4)5/h3-9,12,18H,10-11,13H2,1-2H3;(H,2,3,4,5)/p-1. The molecular formula is C17H21ClNO6-. The van der Waals surface area contributed by atoms with E-state index in [4.69, 9.17) is 28.1 Å². The lowest BCUT2D eigenvalue weighted by Crippen LogP contribution is -2.68. The van der Waals surface area contributed by atoms with Crippen molar-refractivity contribution in [3.8, 4) is 11.5 Å². The summed E-state index contributed by atoms with van der Waals surface area (Å²) in [6.07, 6.45) is 1.04. The van der Waals surface area contributed by atoms with Crippen molar-refractivity contribution in [1.82, 2.24) is 5.32 Å². The number of benzene rings is 2. The highest BCUT2D eigenvalue weighted by atomic mass is 35.7. The van der Waals surface area contributed by atoms with Crippen LogP contribution in [-0.2, 0) is 13.0 Å². The number of methoxy groups -OCH3 is 2. The largest absolute Gasteiger partial charge is 0.493 e. The van der Waals surface area contributed by atoms with Crippen molar-refractivity contribution < 1.29 is 38.4 Å². The number of nitrogens with one attached hydrogen (secondary N) is 1. The highest BCUT2D eigenvalue weighted by molar-refractivity contribution is 5.42. The van der Waals surface area contributed by atoms with E-state index in [2.05, 4.69) is 35.6 Å². The van der Waals surface area contributed by atoms with Gasteiger partial charge in [0, 0.05) is 6.54 Å². The van der Waals surface area contributed by atoms with Gasteiger partial charge in [-0.05, 0) is 36.2 Å². The predicted octanol–water partition coefficient (Wildman–Crippen LogP) is -1.72. The van der Waals surface area contributed by atoms with E-state index >= 15 is 0 Å². The Hall–Kier alpha value is -1.87. The van der Waals surface area contributed by atoms with Crippen LogP contribution in [0.15, 0.2) is 48.5 Å². The van der Waals surface area contributed by atoms with E-state index < -0.39 is 10.2 Å². The minimum Gasteiger partial charge on any atom is -0.493 e. The first-order chi connectivity index (χ1) is 11.8. The molecular weight excluding hydrogens is 350 g/mol. The van der Waals surface area contributed by atoms with Crippen LogP contribution in [0.1, 0.15) is 11.1 Å². The molecule has 7 nitrogen and oxygen atoms in total. The van der Waals surface area contributed by atoms with Crippen molar-refractivity contribution in [3.05, 3.63) is 59.7 Å². The van der Waals surface area contributed by atoms with Gasteiger partial charge in [-0.3, -0.25) is 0 Å². The Morgan fingerprint density at radius 3 is 2.00 bits per heavy atom. The SMILES string of the molecule is COc1ccc(CNCCc2ccccc2)cc1OC.[O-][Cl+3]([O-])([O-])[O-]. The van der Waals surface area contributed by atoms with Gasteiger partial charge in [0.05, 0.1) is 14.2 Å². The van der Waals surface area contributed by atoms with E-state index in [1.807, 2.05) is 18.2 Å². The van der Waals surface area contributed by atoms with E-state index in [0.29, 0.717) is 0 Å². The number of hydrogen-bond acceptors (Lipinski definition) is 7. The van der Waals surface area contributed by atoms with Gasteiger partial charge in [-0.15, -0.1) is 10.2 Å². The van der Waals surface area contributed by atoms with E-state index in [9.17, 15) is 0 Å². The summed E-state index contributed by atoms with van der Waals surface area (Å²) in [5, 5.41) is 3.44. The first-order valence-corrected chi connectivity index (χ1v) is 8.64. The predicted molar refractivity (Wildman–Crippen MR) is 81.4 cm³/mol. The van der Waals surface area contributed by atoms with Crippen LogP contribution in [0.25, 0.3) is 0 Å². The molecule has 1 N–H and O–H groups in total. The van der Waals surface area contributed by atoms with Crippen LogP contribution >= 0.6 is 0 Å². The minimum absolute atomic E-state index is 0.764. The van der Waals surface area contributed by atoms with Crippen LogP contribution in [0.5, 0.6) is 11.5 Å². The summed E-state index contributed by atoms with van der Waals surface area (Å²) in [6.45, 7) is 1.78. The Balaban J connectivity index is 0.000000550. The average Bonchev–Trinajstić information content (AvgIpc) is 2.58. The van der Waals surface area contributed by atoms with Crippen LogP contribution in [0, 0.1) is 10.2 Å². The molecule has 0 unspecified atom stereocenters. The van der Waals surface area contributed by atoms with Gasteiger partial charge in [-0.25, -0.2) is 18.6 Å². The zero-order valence-electron chi connectivity index (χ0n) is 14.1. The fraction of sp³-hybridized carbons (Fsp3) is 0.294. The third-order valence-corrected chi connectivity index (χ3v) is 3.21. The molecule has 138 valence electrons.